The molecule has 4 rings (SSSR count). The lowest BCUT2D eigenvalue weighted by atomic mass is 9.94. The molecule has 2 aromatic rings. The first kappa shape index (κ1) is 18.5. The molecule has 27 heavy (non-hydrogen) atoms. The summed E-state index contributed by atoms with van der Waals surface area (Å²) in [4.78, 5) is 12.4. The predicted molar refractivity (Wildman–Crippen MR) is 105 cm³/mol. The molecule has 3 heterocycles. The quantitative estimate of drug-likeness (QED) is 0.835. The van der Waals surface area contributed by atoms with Gasteiger partial charge in [-0.25, -0.2) is 9.07 Å². The number of ether oxygens (including phenoxy) is 1. The Hall–Kier alpha value is -1.86. The molecule has 1 aromatic heterocycles. The van der Waals surface area contributed by atoms with E-state index in [9.17, 15) is 9.18 Å². The maximum absolute atomic E-state index is 13.4. The maximum atomic E-state index is 13.4. The van der Waals surface area contributed by atoms with E-state index in [1.54, 1.807) is 23.9 Å². The molecule has 1 aromatic carbocycles. The number of carbonyl (C=O) groups excluding carboxylic acids is 1. The molecule has 0 saturated carbocycles. The first-order valence-electron chi connectivity index (χ1n) is 9.24. The van der Waals surface area contributed by atoms with Gasteiger partial charge in [-0.2, -0.15) is 5.10 Å². The first-order valence-corrected chi connectivity index (χ1v) is 10.3. The van der Waals surface area contributed by atoms with Gasteiger partial charge in [0.05, 0.1) is 28.3 Å². The number of carbonyl (C=O) groups is 1. The van der Waals surface area contributed by atoms with E-state index in [-0.39, 0.29) is 28.6 Å². The monoisotopic (exact) mass is 389 g/mol. The molecule has 1 fully saturated rings. The summed E-state index contributed by atoms with van der Waals surface area (Å²) >= 11 is 1.56. The Balaban J connectivity index is 1.78. The SMILES string of the molecule is Cc1nn(C2CCOC(C)(C)C2)c2c1C(c1ccc(F)cc1)SCC(=O)N2. The molecule has 1 N–H and O–H groups in total. The third-order valence-electron chi connectivity index (χ3n) is 5.22. The number of benzene rings is 1. The van der Waals surface area contributed by atoms with E-state index >= 15 is 0 Å². The molecule has 144 valence electrons. The van der Waals surface area contributed by atoms with Crippen molar-refractivity contribution in [3.8, 4) is 0 Å². The molecule has 2 unspecified atom stereocenters. The molecule has 7 heteroatoms. The predicted octanol–water partition coefficient (Wildman–Crippen LogP) is 4.24. The van der Waals surface area contributed by atoms with Crippen LogP contribution < -0.4 is 5.32 Å². The van der Waals surface area contributed by atoms with Crippen molar-refractivity contribution in [3.05, 3.63) is 46.9 Å². The van der Waals surface area contributed by atoms with Gasteiger partial charge in [0, 0.05) is 12.2 Å². The van der Waals surface area contributed by atoms with Gasteiger partial charge >= 0.3 is 0 Å². The number of fused-ring (bicyclic) bond motifs is 1. The van der Waals surface area contributed by atoms with Crippen molar-refractivity contribution in [3.63, 3.8) is 0 Å². The van der Waals surface area contributed by atoms with Crippen LogP contribution in [0.25, 0.3) is 0 Å². The molecule has 2 aliphatic heterocycles. The normalized spacial score (nSPS) is 24.8. The first-order chi connectivity index (χ1) is 12.8. The van der Waals surface area contributed by atoms with Gasteiger partial charge in [0.15, 0.2) is 0 Å². The average molecular weight is 389 g/mol. The molecule has 0 radical (unpaired) electrons. The number of nitrogens with one attached hydrogen (secondary N) is 1. The molecule has 1 amide bonds. The number of thioether (sulfide) groups is 1. The Kier molecular flexibility index (Phi) is 4.76. The van der Waals surface area contributed by atoms with Crippen molar-refractivity contribution in [1.82, 2.24) is 9.78 Å². The van der Waals surface area contributed by atoms with Crippen LogP contribution in [-0.2, 0) is 9.53 Å². The average Bonchev–Trinajstić information content (AvgIpc) is 2.81. The second-order valence-corrected chi connectivity index (χ2v) is 8.93. The molecular weight excluding hydrogens is 365 g/mol. The van der Waals surface area contributed by atoms with Gasteiger partial charge in [-0.05, 0) is 51.3 Å². The van der Waals surface area contributed by atoms with E-state index in [1.165, 1.54) is 12.1 Å². The summed E-state index contributed by atoms with van der Waals surface area (Å²) in [5.74, 6) is 0.844. The van der Waals surface area contributed by atoms with Gasteiger partial charge in [0.25, 0.3) is 0 Å². The number of nitrogens with zero attached hydrogens (tertiary/aromatic N) is 2. The van der Waals surface area contributed by atoms with Gasteiger partial charge in [-0.1, -0.05) is 12.1 Å². The van der Waals surface area contributed by atoms with Gasteiger partial charge in [-0.3, -0.25) is 4.79 Å². The van der Waals surface area contributed by atoms with Crippen LogP contribution in [0.15, 0.2) is 24.3 Å². The van der Waals surface area contributed by atoms with Crippen molar-refractivity contribution in [2.24, 2.45) is 0 Å². The topological polar surface area (TPSA) is 56.2 Å². The van der Waals surface area contributed by atoms with Crippen molar-refractivity contribution < 1.29 is 13.9 Å². The summed E-state index contributed by atoms with van der Waals surface area (Å²) in [7, 11) is 0. The van der Waals surface area contributed by atoms with Gasteiger partial charge in [0.1, 0.15) is 11.6 Å². The molecule has 2 aliphatic rings. The third-order valence-corrected chi connectivity index (χ3v) is 6.49. The standard InChI is InChI=1S/C20H24FN3O2S/c1-12-17-18(13-4-6-14(21)7-5-13)27-11-16(25)22-19(17)24(23-12)15-8-9-26-20(2,3)10-15/h4-7,15,18H,8-11H2,1-3H3,(H,22,25). The van der Waals surface area contributed by atoms with Crippen LogP contribution in [0.2, 0.25) is 0 Å². The van der Waals surface area contributed by atoms with Crippen LogP contribution in [0.5, 0.6) is 0 Å². The summed E-state index contributed by atoms with van der Waals surface area (Å²) in [5.41, 5.74) is 2.68. The van der Waals surface area contributed by atoms with Crippen LogP contribution in [0, 0.1) is 12.7 Å². The lowest BCUT2D eigenvalue weighted by Gasteiger charge is -2.36. The highest BCUT2D eigenvalue weighted by molar-refractivity contribution is 8.00. The number of hydrogen-bond acceptors (Lipinski definition) is 4. The van der Waals surface area contributed by atoms with E-state index in [4.69, 9.17) is 9.84 Å². The zero-order valence-corrected chi connectivity index (χ0v) is 16.6. The second-order valence-electron chi connectivity index (χ2n) is 7.84. The summed E-state index contributed by atoms with van der Waals surface area (Å²) in [6, 6.07) is 6.70. The van der Waals surface area contributed by atoms with Crippen LogP contribution >= 0.6 is 11.8 Å². The van der Waals surface area contributed by atoms with Gasteiger partial charge in [-0.15, -0.1) is 11.8 Å². The Bertz CT molecular complexity index is 863. The fraction of sp³-hybridized carbons (Fsp3) is 0.500. The number of rotatable bonds is 2. The number of aromatic nitrogens is 2. The highest BCUT2D eigenvalue weighted by Gasteiger charge is 2.36. The van der Waals surface area contributed by atoms with Crippen LogP contribution in [0.4, 0.5) is 10.2 Å². The van der Waals surface area contributed by atoms with Crippen molar-refractivity contribution >= 4 is 23.5 Å². The number of aryl methyl sites for hydroxylation is 1. The lowest BCUT2D eigenvalue weighted by Crippen LogP contribution is -2.36. The molecular formula is C20H24FN3O2S. The highest BCUT2D eigenvalue weighted by atomic mass is 32.2. The summed E-state index contributed by atoms with van der Waals surface area (Å²) in [5, 5.41) is 7.83. The van der Waals surface area contributed by atoms with Crippen molar-refractivity contribution in [2.45, 2.75) is 50.5 Å². The largest absolute Gasteiger partial charge is 0.375 e. The van der Waals surface area contributed by atoms with Crippen LogP contribution in [-0.4, -0.2) is 33.6 Å². The molecule has 1 saturated heterocycles. The zero-order chi connectivity index (χ0) is 19.2. The van der Waals surface area contributed by atoms with E-state index in [1.807, 2.05) is 11.6 Å². The Morgan fingerprint density at radius 3 is 2.78 bits per heavy atom. The Morgan fingerprint density at radius 1 is 1.33 bits per heavy atom. The third kappa shape index (κ3) is 3.62. The lowest BCUT2D eigenvalue weighted by molar-refractivity contribution is -0.113. The molecule has 5 nitrogen and oxygen atoms in total. The number of hydrogen-bond donors (Lipinski definition) is 1. The minimum atomic E-state index is -0.261. The highest BCUT2D eigenvalue weighted by Crippen LogP contribution is 2.45. The Labute approximate surface area is 162 Å². The van der Waals surface area contributed by atoms with Crippen molar-refractivity contribution in [1.29, 1.82) is 0 Å². The van der Waals surface area contributed by atoms with Crippen molar-refractivity contribution in [2.75, 3.05) is 17.7 Å². The van der Waals surface area contributed by atoms with E-state index in [0.717, 1.165) is 35.5 Å². The summed E-state index contributed by atoms with van der Waals surface area (Å²) < 4.78 is 21.2. The fourth-order valence-corrected chi connectivity index (χ4v) is 5.17. The number of anilines is 1. The number of halogens is 1. The summed E-state index contributed by atoms with van der Waals surface area (Å²) in [6.07, 6.45) is 1.70. The zero-order valence-electron chi connectivity index (χ0n) is 15.8. The van der Waals surface area contributed by atoms with E-state index < -0.39 is 0 Å². The van der Waals surface area contributed by atoms with Crippen LogP contribution in [0.3, 0.4) is 0 Å². The van der Waals surface area contributed by atoms with Gasteiger partial charge in [0.2, 0.25) is 5.91 Å². The Morgan fingerprint density at radius 2 is 2.07 bits per heavy atom. The smallest absolute Gasteiger partial charge is 0.235 e. The van der Waals surface area contributed by atoms with E-state index in [0.29, 0.717) is 12.4 Å². The second kappa shape index (κ2) is 6.95. The van der Waals surface area contributed by atoms with Crippen LogP contribution in [0.1, 0.15) is 54.8 Å². The molecule has 2 atom stereocenters. The number of amides is 1. The van der Waals surface area contributed by atoms with Gasteiger partial charge < -0.3 is 10.1 Å². The summed E-state index contributed by atoms with van der Waals surface area (Å²) in [6.45, 7) is 6.83. The molecule has 0 spiro atoms. The fourth-order valence-electron chi connectivity index (χ4n) is 3.98. The maximum Gasteiger partial charge on any atom is 0.235 e. The minimum Gasteiger partial charge on any atom is -0.375 e. The minimum absolute atomic E-state index is 0.0293. The van der Waals surface area contributed by atoms with E-state index in [2.05, 4.69) is 19.2 Å². The molecule has 0 aliphatic carbocycles. The molecule has 0 bridgehead atoms.